The van der Waals surface area contributed by atoms with Gasteiger partial charge >= 0.3 is 16.3 Å². The van der Waals surface area contributed by atoms with Crippen molar-refractivity contribution in [2.75, 3.05) is 31.3 Å². The number of amides is 3. The minimum atomic E-state index is -5.01. The number of carboxylic acid groups (broad SMARTS) is 1. The van der Waals surface area contributed by atoms with Gasteiger partial charge in [-0.15, -0.1) is 11.3 Å². The second kappa shape index (κ2) is 11.2. The van der Waals surface area contributed by atoms with Gasteiger partial charge in [-0.05, 0) is 0 Å². The largest absolute Gasteiger partial charge is 0.479 e. The standard InChI is InChI=1S/C14H17FN6O9S3/c15-1-2-17-14(26)32-5-7-10(12(25)21(7)33(27,28)29)19-11(24)9(20-30-3-8(22)23)6-4-31-13(16)18-6/h4,7,10H,1-3,5H2,(H2,16,18)(H,17,26)(H,19,24)(H,22,23)(H,27,28,29)/b20-9+/t7-,10+/m1/s1. The van der Waals surface area contributed by atoms with E-state index in [1.165, 1.54) is 5.38 Å². The Morgan fingerprint density at radius 1 is 1.42 bits per heavy atom. The molecular formula is C14H17FN6O9S3. The van der Waals surface area contributed by atoms with Crippen LogP contribution >= 0.6 is 23.1 Å². The molecular weight excluding hydrogens is 511 g/mol. The average Bonchev–Trinajstić information content (AvgIpc) is 3.14. The van der Waals surface area contributed by atoms with Crippen molar-refractivity contribution in [1.29, 1.82) is 0 Å². The predicted molar refractivity (Wildman–Crippen MR) is 113 cm³/mol. The Morgan fingerprint density at radius 3 is 2.67 bits per heavy atom. The number of carbonyl (C=O) groups is 4. The number of hydrogen-bond acceptors (Lipinski definition) is 12. The fraction of sp³-hybridized carbons (Fsp3) is 0.429. The zero-order valence-corrected chi connectivity index (χ0v) is 18.8. The molecule has 1 aromatic heterocycles. The highest BCUT2D eigenvalue weighted by molar-refractivity contribution is 8.13. The van der Waals surface area contributed by atoms with Gasteiger partial charge in [0.15, 0.2) is 10.8 Å². The summed E-state index contributed by atoms with van der Waals surface area (Å²) < 4.78 is 44.5. The molecule has 3 amide bonds. The van der Waals surface area contributed by atoms with E-state index in [2.05, 4.69) is 25.6 Å². The number of rotatable bonds is 11. The zero-order valence-electron chi connectivity index (χ0n) is 16.3. The van der Waals surface area contributed by atoms with Crippen LogP contribution in [0.2, 0.25) is 0 Å². The van der Waals surface area contributed by atoms with Crippen LogP contribution in [0.1, 0.15) is 5.69 Å². The first-order valence-electron chi connectivity index (χ1n) is 8.67. The highest BCUT2D eigenvalue weighted by Crippen LogP contribution is 2.27. The van der Waals surface area contributed by atoms with Crippen LogP contribution in [0.5, 0.6) is 0 Å². The van der Waals surface area contributed by atoms with Crippen molar-refractivity contribution in [3.8, 4) is 0 Å². The molecule has 0 bridgehead atoms. The van der Waals surface area contributed by atoms with Crippen LogP contribution in [0.4, 0.5) is 14.3 Å². The predicted octanol–water partition coefficient (Wildman–Crippen LogP) is -1.56. The smallest absolute Gasteiger partial charge is 0.362 e. The van der Waals surface area contributed by atoms with Gasteiger partial charge in [-0.3, -0.25) is 18.9 Å². The van der Waals surface area contributed by atoms with Crippen LogP contribution in [-0.4, -0.2) is 93.8 Å². The number of alkyl halides is 1. The van der Waals surface area contributed by atoms with E-state index < -0.39 is 64.4 Å². The van der Waals surface area contributed by atoms with Crippen LogP contribution in [-0.2, 0) is 29.5 Å². The molecule has 0 aliphatic carbocycles. The van der Waals surface area contributed by atoms with E-state index in [1.54, 1.807) is 0 Å². The number of aromatic nitrogens is 1. The third kappa shape index (κ3) is 6.97. The molecule has 0 unspecified atom stereocenters. The van der Waals surface area contributed by atoms with Gasteiger partial charge in [0.05, 0.1) is 6.04 Å². The Hall–Kier alpha value is -3.03. The van der Waals surface area contributed by atoms with Crippen LogP contribution in [0.25, 0.3) is 0 Å². The van der Waals surface area contributed by atoms with Crippen molar-refractivity contribution in [3.05, 3.63) is 11.1 Å². The third-order valence-electron chi connectivity index (χ3n) is 3.78. The van der Waals surface area contributed by atoms with Crippen LogP contribution in [0.15, 0.2) is 10.5 Å². The number of thiazole rings is 1. The lowest BCUT2D eigenvalue weighted by Gasteiger charge is -2.43. The molecule has 2 rings (SSSR count). The van der Waals surface area contributed by atoms with E-state index in [0.717, 1.165) is 11.3 Å². The van der Waals surface area contributed by atoms with Crippen molar-refractivity contribution in [3.63, 3.8) is 0 Å². The number of oxime groups is 1. The molecule has 1 aromatic rings. The lowest BCUT2D eigenvalue weighted by atomic mass is 10.0. The molecule has 1 aliphatic rings. The number of nitrogen functional groups attached to an aromatic ring is 1. The molecule has 19 heteroatoms. The van der Waals surface area contributed by atoms with Gasteiger partial charge in [0.1, 0.15) is 18.4 Å². The highest BCUT2D eigenvalue weighted by atomic mass is 32.2. The lowest BCUT2D eigenvalue weighted by Crippen LogP contribution is -2.73. The van der Waals surface area contributed by atoms with E-state index in [-0.39, 0.29) is 27.4 Å². The van der Waals surface area contributed by atoms with Gasteiger partial charge in [-0.2, -0.15) is 8.42 Å². The fourth-order valence-corrected chi connectivity index (χ4v) is 4.84. The van der Waals surface area contributed by atoms with E-state index in [1.807, 2.05) is 0 Å². The summed E-state index contributed by atoms with van der Waals surface area (Å²) in [6, 6.07) is -2.89. The van der Waals surface area contributed by atoms with Gasteiger partial charge in [-0.25, -0.2) is 18.5 Å². The summed E-state index contributed by atoms with van der Waals surface area (Å²) in [6.07, 6.45) is 0. The topological polar surface area (TPSA) is 231 Å². The molecule has 6 N–H and O–H groups in total. The minimum absolute atomic E-state index is 0.0366. The summed E-state index contributed by atoms with van der Waals surface area (Å²) in [6.45, 7) is -2.02. The van der Waals surface area contributed by atoms with E-state index in [9.17, 15) is 36.5 Å². The minimum Gasteiger partial charge on any atom is -0.479 e. The average molecular weight is 529 g/mol. The number of hydrogen-bond donors (Lipinski definition) is 5. The van der Waals surface area contributed by atoms with E-state index in [0.29, 0.717) is 11.8 Å². The van der Waals surface area contributed by atoms with Gasteiger partial charge in [0, 0.05) is 17.7 Å². The molecule has 33 heavy (non-hydrogen) atoms. The van der Waals surface area contributed by atoms with Crippen LogP contribution < -0.4 is 16.4 Å². The molecule has 1 fully saturated rings. The fourth-order valence-electron chi connectivity index (χ4n) is 2.45. The number of nitrogens with zero attached hydrogens (tertiary/aromatic N) is 3. The summed E-state index contributed by atoms with van der Waals surface area (Å²) in [7, 11) is -5.01. The van der Waals surface area contributed by atoms with Gasteiger partial charge in [0.25, 0.3) is 17.1 Å². The van der Waals surface area contributed by atoms with Gasteiger partial charge in [-0.1, -0.05) is 16.9 Å². The second-order valence-corrected chi connectivity index (χ2v) is 9.19. The first-order valence-corrected chi connectivity index (χ1v) is 11.9. The summed E-state index contributed by atoms with van der Waals surface area (Å²) in [5, 5.41) is 17.0. The number of β-lactam (4-membered cyclic amide) rings is 1. The molecule has 2 heterocycles. The number of carbonyl (C=O) groups excluding carboxylic acids is 3. The number of carboxylic acids is 1. The van der Waals surface area contributed by atoms with E-state index in [4.69, 9.17) is 10.8 Å². The number of halogens is 1. The molecule has 182 valence electrons. The van der Waals surface area contributed by atoms with Crippen LogP contribution in [0.3, 0.4) is 0 Å². The summed E-state index contributed by atoms with van der Waals surface area (Å²) in [4.78, 5) is 55.6. The second-order valence-electron chi connectivity index (χ2n) is 6.02. The molecule has 0 radical (unpaired) electrons. The van der Waals surface area contributed by atoms with Crippen molar-refractivity contribution in [1.82, 2.24) is 19.9 Å². The maximum absolute atomic E-state index is 12.7. The van der Waals surface area contributed by atoms with Gasteiger partial charge in [0.2, 0.25) is 6.61 Å². The molecule has 1 saturated heterocycles. The first-order chi connectivity index (χ1) is 15.5. The zero-order chi connectivity index (χ0) is 24.8. The number of thioether (sulfide) groups is 1. The lowest BCUT2D eigenvalue weighted by molar-refractivity contribution is -0.143. The molecule has 2 atom stereocenters. The Balaban J connectivity index is 2.20. The molecule has 15 nitrogen and oxygen atoms in total. The summed E-state index contributed by atoms with van der Waals surface area (Å²) in [5.74, 6) is -4.09. The van der Waals surface area contributed by atoms with Crippen molar-refractivity contribution >= 4 is 67.3 Å². The Labute approximate surface area is 193 Å². The van der Waals surface area contributed by atoms with Crippen molar-refractivity contribution < 1.29 is 46.5 Å². The summed E-state index contributed by atoms with van der Waals surface area (Å²) in [5.41, 5.74) is 4.84. The normalized spacial score (nSPS) is 18.4. The number of nitrogens with two attached hydrogens (primary N) is 1. The maximum Gasteiger partial charge on any atom is 0.362 e. The first kappa shape index (κ1) is 26.2. The number of anilines is 1. The molecule has 0 saturated carbocycles. The number of aliphatic carboxylic acids is 1. The highest BCUT2D eigenvalue weighted by Gasteiger charge is 2.54. The maximum atomic E-state index is 12.7. The van der Waals surface area contributed by atoms with E-state index >= 15 is 0 Å². The SMILES string of the molecule is Nc1nc(/C(=N\OCC(=O)O)C(=O)N[C@@H]2C(=O)N(S(=O)(=O)O)[C@@H]2CSC(=O)NCCF)cs1. The van der Waals surface area contributed by atoms with Crippen molar-refractivity contribution in [2.24, 2.45) is 5.16 Å². The Bertz CT molecular complexity index is 1060. The number of nitrogens with one attached hydrogen (secondary N) is 2. The molecule has 1 aliphatic heterocycles. The van der Waals surface area contributed by atoms with Crippen LogP contribution in [0, 0.1) is 0 Å². The van der Waals surface area contributed by atoms with Crippen molar-refractivity contribution in [2.45, 2.75) is 12.1 Å². The Kier molecular flexibility index (Phi) is 8.91. The van der Waals surface area contributed by atoms with Gasteiger partial charge < -0.3 is 26.3 Å². The quantitative estimate of drug-likeness (QED) is 0.0950. The third-order valence-corrected chi connectivity index (χ3v) is 6.31. The Morgan fingerprint density at radius 2 is 2.12 bits per heavy atom. The monoisotopic (exact) mass is 528 g/mol. The molecule has 0 spiro atoms. The summed E-state index contributed by atoms with van der Waals surface area (Å²) >= 11 is 1.42. The molecule has 0 aromatic carbocycles.